The van der Waals surface area contributed by atoms with Crippen molar-refractivity contribution in [3.63, 3.8) is 0 Å². The average Bonchev–Trinajstić information content (AvgIpc) is 3.00. The first-order chi connectivity index (χ1) is 15.7. The molecule has 9 heteroatoms. The van der Waals surface area contributed by atoms with Gasteiger partial charge in [-0.3, -0.25) is 19.3 Å². The van der Waals surface area contributed by atoms with Crippen LogP contribution in [0, 0.1) is 13.8 Å². The van der Waals surface area contributed by atoms with Crippen molar-refractivity contribution < 1.29 is 28.7 Å². The molecule has 0 bridgehead atoms. The number of imide groups is 1. The van der Waals surface area contributed by atoms with E-state index in [1.54, 1.807) is 37.3 Å². The van der Waals surface area contributed by atoms with E-state index < -0.39 is 23.0 Å². The summed E-state index contributed by atoms with van der Waals surface area (Å²) in [6.45, 7) is 5.27. The molecule has 172 valence electrons. The largest absolute Gasteiger partial charge is 0.482 e. The molecule has 1 heterocycles. The van der Waals surface area contributed by atoms with Crippen LogP contribution in [0.15, 0.2) is 47.4 Å². The molecule has 1 aliphatic heterocycles. The summed E-state index contributed by atoms with van der Waals surface area (Å²) in [7, 11) is 0. The molecule has 0 aliphatic carbocycles. The van der Waals surface area contributed by atoms with Gasteiger partial charge in [-0.1, -0.05) is 18.2 Å². The third-order valence-electron chi connectivity index (χ3n) is 4.52. The molecule has 0 atom stereocenters. The predicted molar refractivity (Wildman–Crippen MR) is 126 cm³/mol. The quantitative estimate of drug-likeness (QED) is 0.463. The van der Waals surface area contributed by atoms with Gasteiger partial charge in [0, 0.05) is 5.69 Å². The van der Waals surface area contributed by atoms with Crippen LogP contribution in [0.4, 0.5) is 10.5 Å². The van der Waals surface area contributed by atoms with E-state index in [-0.39, 0.29) is 24.7 Å². The molecular weight excluding hydrogens is 444 g/mol. The number of aryl methyl sites for hydroxylation is 2. The molecule has 1 saturated heterocycles. The molecule has 2 aromatic carbocycles. The normalized spacial score (nSPS) is 14.5. The number of thioether (sulfide) groups is 1. The molecule has 1 aliphatic rings. The van der Waals surface area contributed by atoms with E-state index in [4.69, 9.17) is 9.47 Å². The van der Waals surface area contributed by atoms with E-state index in [1.807, 2.05) is 32.0 Å². The summed E-state index contributed by atoms with van der Waals surface area (Å²) in [6, 6.07) is 12.3. The lowest BCUT2D eigenvalue weighted by atomic mass is 10.1. The molecule has 1 fully saturated rings. The number of nitrogens with zero attached hydrogens (tertiary/aromatic N) is 1. The van der Waals surface area contributed by atoms with Crippen molar-refractivity contribution in [2.45, 2.75) is 20.8 Å². The van der Waals surface area contributed by atoms with E-state index >= 15 is 0 Å². The molecule has 0 saturated carbocycles. The number of ether oxygens (including phenoxy) is 2. The second kappa shape index (κ2) is 10.8. The number of amides is 3. The molecule has 3 amide bonds. The van der Waals surface area contributed by atoms with Gasteiger partial charge >= 0.3 is 5.97 Å². The zero-order valence-electron chi connectivity index (χ0n) is 18.5. The summed E-state index contributed by atoms with van der Waals surface area (Å²) >= 11 is 0.780. The summed E-state index contributed by atoms with van der Waals surface area (Å²) in [5, 5.41) is 2.23. The monoisotopic (exact) mass is 468 g/mol. The SMILES string of the molecule is CCOC(=O)COc1ccc(/C=C2\SC(=O)N(CC(=O)Nc3cc(C)cc(C)c3)C2=O)cc1. The van der Waals surface area contributed by atoms with Crippen LogP contribution in [-0.2, 0) is 19.1 Å². The van der Waals surface area contributed by atoms with Gasteiger partial charge in [0.2, 0.25) is 5.91 Å². The maximum atomic E-state index is 12.7. The smallest absolute Gasteiger partial charge is 0.344 e. The Morgan fingerprint density at radius 1 is 1.06 bits per heavy atom. The van der Waals surface area contributed by atoms with Crippen LogP contribution in [0.2, 0.25) is 0 Å². The number of anilines is 1. The van der Waals surface area contributed by atoms with Crippen molar-refractivity contribution in [1.29, 1.82) is 0 Å². The molecule has 8 nitrogen and oxygen atoms in total. The van der Waals surface area contributed by atoms with Crippen LogP contribution in [0.1, 0.15) is 23.6 Å². The number of hydrogen-bond donors (Lipinski definition) is 1. The van der Waals surface area contributed by atoms with Crippen LogP contribution >= 0.6 is 11.8 Å². The maximum Gasteiger partial charge on any atom is 0.344 e. The summed E-state index contributed by atoms with van der Waals surface area (Å²) in [6.07, 6.45) is 1.57. The van der Waals surface area contributed by atoms with E-state index in [1.165, 1.54) is 0 Å². The third-order valence-corrected chi connectivity index (χ3v) is 5.43. The van der Waals surface area contributed by atoms with Gasteiger partial charge < -0.3 is 14.8 Å². The van der Waals surface area contributed by atoms with Crippen LogP contribution in [0.25, 0.3) is 6.08 Å². The molecule has 2 aromatic rings. The Morgan fingerprint density at radius 2 is 1.73 bits per heavy atom. The number of benzene rings is 2. The fourth-order valence-corrected chi connectivity index (χ4v) is 4.02. The topological polar surface area (TPSA) is 102 Å². The van der Waals surface area contributed by atoms with Crippen molar-refractivity contribution in [1.82, 2.24) is 4.90 Å². The number of nitrogens with one attached hydrogen (secondary N) is 1. The lowest BCUT2D eigenvalue weighted by molar-refractivity contribution is -0.145. The Balaban J connectivity index is 1.60. The zero-order valence-corrected chi connectivity index (χ0v) is 19.4. The van der Waals surface area contributed by atoms with Crippen LogP contribution < -0.4 is 10.1 Å². The molecular formula is C24H24N2O6S. The molecule has 0 radical (unpaired) electrons. The van der Waals surface area contributed by atoms with Crippen molar-refractivity contribution >= 4 is 46.5 Å². The van der Waals surface area contributed by atoms with Crippen LogP contribution in [0.3, 0.4) is 0 Å². The van der Waals surface area contributed by atoms with Gasteiger partial charge in [-0.2, -0.15) is 0 Å². The Hall–Kier alpha value is -3.59. The van der Waals surface area contributed by atoms with E-state index in [0.717, 1.165) is 27.8 Å². The Bertz CT molecular complexity index is 1090. The lowest BCUT2D eigenvalue weighted by Crippen LogP contribution is -2.36. The van der Waals surface area contributed by atoms with Crippen LogP contribution in [-0.4, -0.2) is 47.7 Å². The van der Waals surface area contributed by atoms with Gasteiger partial charge in [-0.05, 0) is 79.6 Å². The highest BCUT2D eigenvalue weighted by Crippen LogP contribution is 2.32. The first-order valence-corrected chi connectivity index (χ1v) is 11.1. The first kappa shape index (κ1) is 24.1. The number of carbonyl (C=O) groups excluding carboxylic acids is 4. The fraction of sp³-hybridized carbons (Fsp3) is 0.250. The highest BCUT2D eigenvalue weighted by atomic mass is 32.2. The molecule has 0 aromatic heterocycles. The minimum absolute atomic E-state index is 0.198. The highest BCUT2D eigenvalue weighted by molar-refractivity contribution is 8.18. The van der Waals surface area contributed by atoms with Crippen molar-refractivity contribution in [2.24, 2.45) is 0 Å². The minimum Gasteiger partial charge on any atom is -0.482 e. The van der Waals surface area contributed by atoms with Gasteiger partial charge in [-0.25, -0.2) is 4.79 Å². The van der Waals surface area contributed by atoms with Crippen molar-refractivity contribution in [3.8, 4) is 5.75 Å². The van der Waals surface area contributed by atoms with E-state index in [9.17, 15) is 19.2 Å². The average molecular weight is 469 g/mol. The van der Waals surface area contributed by atoms with E-state index in [0.29, 0.717) is 17.0 Å². The fourth-order valence-electron chi connectivity index (χ4n) is 3.18. The molecule has 1 N–H and O–H groups in total. The van der Waals surface area contributed by atoms with Gasteiger partial charge in [0.25, 0.3) is 11.1 Å². The number of rotatable bonds is 8. The minimum atomic E-state index is -0.525. The summed E-state index contributed by atoms with van der Waals surface area (Å²) < 4.78 is 10.1. The molecule has 0 spiro atoms. The lowest BCUT2D eigenvalue weighted by Gasteiger charge is -2.13. The van der Waals surface area contributed by atoms with Gasteiger partial charge in [-0.15, -0.1) is 0 Å². The first-order valence-electron chi connectivity index (χ1n) is 10.3. The third kappa shape index (κ3) is 6.69. The Kier molecular flexibility index (Phi) is 7.89. The Labute approximate surface area is 195 Å². The standard InChI is InChI=1S/C24H24N2O6S/c1-4-31-22(28)14-32-19-7-5-17(6-8-19)12-20-23(29)26(24(30)33-20)13-21(27)25-18-10-15(2)9-16(3)11-18/h5-12H,4,13-14H2,1-3H3,(H,25,27)/b20-12-. The van der Waals surface area contributed by atoms with Crippen molar-refractivity contribution in [3.05, 3.63) is 64.1 Å². The predicted octanol–water partition coefficient (Wildman–Crippen LogP) is 3.92. The number of esters is 1. The zero-order chi connectivity index (χ0) is 24.0. The highest BCUT2D eigenvalue weighted by Gasteiger charge is 2.36. The molecule has 3 rings (SSSR count). The second-order valence-corrected chi connectivity index (χ2v) is 8.35. The van der Waals surface area contributed by atoms with Gasteiger partial charge in [0.05, 0.1) is 11.5 Å². The van der Waals surface area contributed by atoms with Gasteiger partial charge in [0.15, 0.2) is 6.61 Å². The van der Waals surface area contributed by atoms with Gasteiger partial charge in [0.1, 0.15) is 12.3 Å². The maximum absolute atomic E-state index is 12.7. The number of carbonyl (C=O) groups is 4. The van der Waals surface area contributed by atoms with Crippen LogP contribution in [0.5, 0.6) is 5.75 Å². The molecule has 0 unspecified atom stereocenters. The Morgan fingerprint density at radius 3 is 2.36 bits per heavy atom. The summed E-state index contributed by atoms with van der Waals surface area (Å²) in [4.78, 5) is 49.9. The summed E-state index contributed by atoms with van der Waals surface area (Å²) in [5.41, 5.74) is 3.28. The molecule has 33 heavy (non-hydrogen) atoms. The second-order valence-electron chi connectivity index (χ2n) is 7.36. The van der Waals surface area contributed by atoms with Crippen molar-refractivity contribution in [2.75, 3.05) is 25.1 Å². The summed E-state index contributed by atoms with van der Waals surface area (Å²) in [5.74, 6) is -0.969. The van der Waals surface area contributed by atoms with E-state index in [2.05, 4.69) is 5.32 Å². The number of hydrogen-bond acceptors (Lipinski definition) is 7.